The fraction of sp³-hybridized carbons (Fsp3) is 0. The zero-order valence-corrected chi connectivity index (χ0v) is 21.0. The molecule has 0 aliphatic carbocycles. The molecule has 0 radical (unpaired) electrons. The van der Waals surface area contributed by atoms with Gasteiger partial charge in [-0.05, 0) is 29.3 Å². The van der Waals surface area contributed by atoms with E-state index in [-0.39, 0.29) is 0 Å². The number of para-hydroxylation sites is 1. The second kappa shape index (κ2) is 9.84. The molecule has 3 heterocycles. The normalized spacial score (nSPS) is 11.1. The summed E-state index contributed by atoms with van der Waals surface area (Å²) in [5, 5.41) is 1.03. The Kier molecular flexibility index (Phi) is 5.76. The number of pyridine rings is 1. The van der Waals surface area contributed by atoms with Crippen molar-refractivity contribution in [1.82, 2.24) is 15.0 Å². The van der Waals surface area contributed by atoms with Gasteiger partial charge in [0, 0.05) is 34.5 Å². The van der Waals surface area contributed by atoms with Gasteiger partial charge < -0.3 is 4.42 Å². The summed E-state index contributed by atoms with van der Waals surface area (Å²) in [5.41, 5.74) is 9.07. The van der Waals surface area contributed by atoms with E-state index in [1.54, 1.807) is 6.20 Å². The number of aromatic nitrogens is 3. The summed E-state index contributed by atoms with van der Waals surface area (Å²) in [6.07, 6.45) is 3.66. The second-order valence-electron chi connectivity index (χ2n) is 9.32. The van der Waals surface area contributed by atoms with Crippen LogP contribution < -0.4 is 0 Å². The van der Waals surface area contributed by atoms with Crippen LogP contribution in [0.25, 0.3) is 67.3 Å². The largest absolute Gasteiger partial charge is 0.454 e. The van der Waals surface area contributed by atoms with E-state index < -0.39 is 0 Å². The maximum absolute atomic E-state index is 6.31. The summed E-state index contributed by atoms with van der Waals surface area (Å²) in [6.45, 7) is 0. The molecule has 39 heavy (non-hydrogen) atoms. The average molecular weight is 502 g/mol. The molecule has 0 aliphatic rings. The van der Waals surface area contributed by atoms with Gasteiger partial charge in [-0.3, -0.25) is 4.98 Å². The van der Waals surface area contributed by atoms with E-state index in [1.165, 1.54) is 0 Å². The average Bonchev–Trinajstić information content (AvgIpc) is 3.46. The number of furan rings is 1. The first-order valence-electron chi connectivity index (χ1n) is 12.9. The molecule has 0 bridgehead atoms. The van der Waals surface area contributed by atoms with Crippen LogP contribution in [-0.4, -0.2) is 15.0 Å². The third kappa shape index (κ3) is 4.38. The molecule has 0 unspecified atom stereocenters. The molecular weight excluding hydrogens is 478 g/mol. The van der Waals surface area contributed by atoms with Crippen LogP contribution in [0.3, 0.4) is 0 Å². The summed E-state index contributed by atoms with van der Waals surface area (Å²) >= 11 is 0. The summed E-state index contributed by atoms with van der Waals surface area (Å²) in [5.74, 6) is 0.693. The molecule has 0 atom stereocenters. The van der Waals surface area contributed by atoms with Gasteiger partial charge in [-0.2, -0.15) is 0 Å². The van der Waals surface area contributed by atoms with Gasteiger partial charge in [-0.25, -0.2) is 9.97 Å². The standard InChI is InChI=1S/C35H23N3O/c1-3-10-25(11-4-1)32-33(27-19-17-24(18-20-27)29-15-9-21-36-23-29)37-34(26-12-5-2-6-13-26)35(38-32)31-22-28-14-7-8-16-30(28)39-31/h1-23H. The van der Waals surface area contributed by atoms with Crippen LogP contribution in [0.5, 0.6) is 0 Å². The molecule has 4 nitrogen and oxygen atoms in total. The zero-order chi connectivity index (χ0) is 26.0. The van der Waals surface area contributed by atoms with Crippen molar-refractivity contribution in [3.05, 3.63) is 140 Å². The van der Waals surface area contributed by atoms with Crippen LogP contribution in [-0.2, 0) is 0 Å². The van der Waals surface area contributed by atoms with Crippen LogP contribution in [0.15, 0.2) is 144 Å². The predicted octanol–water partition coefficient (Wildman–Crippen LogP) is 8.95. The highest BCUT2D eigenvalue weighted by Gasteiger charge is 2.21. The Labute approximate surface area is 226 Å². The SMILES string of the molecule is c1ccc(-c2nc(-c3cc4ccccc4o3)c(-c3ccccc3)nc2-c2ccc(-c3cccnc3)cc2)cc1. The van der Waals surface area contributed by atoms with Gasteiger partial charge in [0.05, 0.1) is 11.4 Å². The first-order valence-corrected chi connectivity index (χ1v) is 12.9. The summed E-state index contributed by atoms with van der Waals surface area (Å²) in [6, 6.07) is 42.9. The third-order valence-corrected chi connectivity index (χ3v) is 6.80. The number of hydrogen-bond acceptors (Lipinski definition) is 4. The molecule has 0 aliphatic heterocycles. The second-order valence-corrected chi connectivity index (χ2v) is 9.32. The highest BCUT2D eigenvalue weighted by atomic mass is 16.3. The molecule has 3 aromatic heterocycles. The van der Waals surface area contributed by atoms with E-state index in [9.17, 15) is 0 Å². The van der Waals surface area contributed by atoms with Crippen LogP contribution in [0.4, 0.5) is 0 Å². The number of fused-ring (bicyclic) bond motifs is 1. The number of nitrogens with zero attached hydrogens (tertiary/aromatic N) is 3. The van der Waals surface area contributed by atoms with Crippen molar-refractivity contribution >= 4 is 11.0 Å². The summed E-state index contributed by atoms with van der Waals surface area (Å²) < 4.78 is 6.31. The van der Waals surface area contributed by atoms with Crippen LogP contribution in [0.1, 0.15) is 0 Å². The lowest BCUT2D eigenvalue weighted by molar-refractivity contribution is 0.628. The van der Waals surface area contributed by atoms with Crippen LogP contribution in [0, 0.1) is 0 Å². The Morgan fingerprint density at radius 3 is 1.62 bits per heavy atom. The molecule has 4 heteroatoms. The lowest BCUT2D eigenvalue weighted by Crippen LogP contribution is -2.00. The van der Waals surface area contributed by atoms with Crippen molar-refractivity contribution in [3.8, 4) is 56.4 Å². The van der Waals surface area contributed by atoms with E-state index in [2.05, 4.69) is 59.6 Å². The number of hydrogen-bond donors (Lipinski definition) is 0. The molecule has 184 valence electrons. The van der Waals surface area contributed by atoms with Crippen LogP contribution in [0.2, 0.25) is 0 Å². The van der Waals surface area contributed by atoms with Gasteiger partial charge in [0.2, 0.25) is 0 Å². The molecule has 7 rings (SSSR count). The van der Waals surface area contributed by atoms with Gasteiger partial charge in [0.15, 0.2) is 5.76 Å². The van der Waals surface area contributed by atoms with E-state index in [1.807, 2.05) is 79.0 Å². The van der Waals surface area contributed by atoms with Crippen molar-refractivity contribution in [3.63, 3.8) is 0 Å². The first kappa shape index (κ1) is 22.8. The van der Waals surface area contributed by atoms with Crippen LogP contribution >= 0.6 is 0 Å². The molecule has 0 saturated carbocycles. The Morgan fingerprint density at radius 1 is 0.436 bits per heavy atom. The monoisotopic (exact) mass is 501 g/mol. The predicted molar refractivity (Wildman–Crippen MR) is 157 cm³/mol. The Morgan fingerprint density at radius 2 is 0.974 bits per heavy atom. The molecule has 0 fully saturated rings. The van der Waals surface area contributed by atoms with Gasteiger partial charge in [-0.15, -0.1) is 0 Å². The van der Waals surface area contributed by atoms with Crippen molar-refractivity contribution in [1.29, 1.82) is 0 Å². The smallest absolute Gasteiger partial charge is 0.156 e. The maximum atomic E-state index is 6.31. The fourth-order valence-corrected chi connectivity index (χ4v) is 4.86. The van der Waals surface area contributed by atoms with Gasteiger partial charge in [0.25, 0.3) is 0 Å². The van der Waals surface area contributed by atoms with Gasteiger partial charge >= 0.3 is 0 Å². The minimum Gasteiger partial charge on any atom is -0.454 e. The topological polar surface area (TPSA) is 51.8 Å². The molecule has 0 saturated heterocycles. The lowest BCUT2D eigenvalue weighted by Gasteiger charge is -2.15. The van der Waals surface area contributed by atoms with E-state index in [0.29, 0.717) is 11.5 Å². The summed E-state index contributed by atoms with van der Waals surface area (Å²) in [7, 11) is 0. The first-order chi connectivity index (χ1) is 19.3. The van der Waals surface area contributed by atoms with Crippen molar-refractivity contribution < 1.29 is 4.42 Å². The van der Waals surface area contributed by atoms with E-state index in [4.69, 9.17) is 14.4 Å². The highest BCUT2D eigenvalue weighted by molar-refractivity contribution is 5.89. The Hall–Kier alpha value is -5.35. The van der Waals surface area contributed by atoms with Gasteiger partial charge in [-0.1, -0.05) is 109 Å². The maximum Gasteiger partial charge on any atom is 0.156 e. The Balaban J connectivity index is 1.47. The summed E-state index contributed by atoms with van der Waals surface area (Å²) in [4.78, 5) is 14.8. The molecular formula is C35H23N3O. The Bertz CT molecular complexity index is 1850. The fourth-order valence-electron chi connectivity index (χ4n) is 4.86. The highest BCUT2D eigenvalue weighted by Crippen LogP contribution is 2.39. The number of rotatable bonds is 5. The minimum atomic E-state index is 0.693. The van der Waals surface area contributed by atoms with Crippen molar-refractivity contribution in [2.45, 2.75) is 0 Å². The third-order valence-electron chi connectivity index (χ3n) is 6.80. The van der Waals surface area contributed by atoms with Crippen molar-refractivity contribution in [2.24, 2.45) is 0 Å². The molecule has 4 aromatic carbocycles. The lowest BCUT2D eigenvalue weighted by atomic mass is 9.99. The molecule has 0 amide bonds. The van der Waals surface area contributed by atoms with Gasteiger partial charge in [0.1, 0.15) is 17.0 Å². The zero-order valence-electron chi connectivity index (χ0n) is 21.0. The van der Waals surface area contributed by atoms with E-state index >= 15 is 0 Å². The molecule has 7 aromatic rings. The number of benzene rings is 4. The molecule has 0 N–H and O–H groups in total. The van der Waals surface area contributed by atoms with Crippen molar-refractivity contribution in [2.75, 3.05) is 0 Å². The minimum absolute atomic E-state index is 0.693. The quantitative estimate of drug-likeness (QED) is 0.236. The molecule has 0 spiro atoms. The van der Waals surface area contributed by atoms with E-state index in [0.717, 1.165) is 55.9 Å².